The van der Waals surface area contributed by atoms with Crippen LogP contribution in [0.15, 0.2) is 62.7 Å². The predicted molar refractivity (Wildman–Crippen MR) is 87.6 cm³/mol. The van der Waals surface area contributed by atoms with Gasteiger partial charge >= 0.3 is 0 Å². The number of aromatic nitrogens is 5. The third kappa shape index (κ3) is 3.09. The van der Waals surface area contributed by atoms with Gasteiger partial charge in [0.2, 0.25) is 12.3 Å². The number of aryl methyl sites for hydroxylation is 1. The largest absolute Gasteiger partial charge is 0.423 e. The molecule has 0 saturated heterocycles. The van der Waals surface area contributed by atoms with Crippen molar-refractivity contribution >= 4 is 0 Å². The zero-order valence-electron chi connectivity index (χ0n) is 13.3. The van der Waals surface area contributed by atoms with Crippen molar-refractivity contribution in [2.45, 2.75) is 13.5 Å². The van der Waals surface area contributed by atoms with E-state index in [2.05, 4.69) is 20.3 Å². The van der Waals surface area contributed by atoms with Crippen LogP contribution in [0.1, 0.15) is 11.4 Å². The van der Waals surface area contributed by atoms with Crippen LogP contribution < -0.4 is 5.56 Å². The Kier molecular flexibility index (Phi) is 3.70. The third-order valence-electron chi connectivity index (χ3n) is 3.64. The van der Waals surface area contributed by atoms with E-state index < -0.39 is 0 Å². The topological polar surface area (TPSA) is 99.8 Å². The minimum absolute atomic E-state index is 0.177. The maximum atomic E-state index is 12.1. The quantitative estimate of drug-likeness (QED) is 0.564. The number of hydrogen-bond acceptors (Lipinski definition) is 7. The van der Waals surface area contributed by atoms with Gasteiger partial charge in [0.05, 0.1) is 12.1 Å². The summed E-state index contributed by atoms with van der Waals surface area (Å²) in [6, 6.07) is 10.8. The number of hydrogen-bond donors (Lipinski definition) is 0. The fourth-order valence-corrected chi connectivity index (χ4v) is 2.45. The van der Waals surface area contributed by atoms with Crippen molar-refractivity contribution in [3.63, 3.8) is 0 Å². The van der Waals surface area contributed by atoms with Gasteiger partial charge in [0.15, 0.2) is 5.82 Å². The second kappa shape index (κ2) is 6.16. The summed E-state index contributed by atoms with van der Waals surface area (Å²) in [4.78, 5) is 16.4. The zero-order chi connectivity index (χ0) is 17.2. The molecule has 0 fully saturated rings. The van der Waals surface area contributed by atoms with Crippen molar-refractivity contribution in [2.24, 2.45) is 0 Å². The summed E-state index contributed by atoms with van der Waals surface area (Å²) < 4.78 is 11.9. The van der Waals surface area contributed by atoms with Crippen molar-refractivity contribution in [1.82, 2.24) is 24.9 Å². The first-order valence-corrected chi connectivity index (χ1v) is 7.56. The molecule has 1 aromatic carbocycles. The highest BCUT2D eigenvalue weighted by Gasteiger charge is 2.11. The molecule has 0 N–H and O–H groups in total. The molecule has 0 radical (unpaired) electrons. The molecule has 0 aliphatic carbocycles. The monoisotopic (exact) mass is 335 g/mol. The summed E-state index contributed by atoms with van der Waals surface area (Å²) in [6.45, 7) is 2.17. The van der Waals surface area contributed by atoms with Gasteiger partial charge in [0.25, 0.3) is 11.4 Å². The van der Waals surface area contributed by atoms with Gasteiger partial charge in [-0.3, -0.25) is 4.79 Å². The molecule has 0 unspecified atom stereocenters. The molecule has 0 spiro atoms. The molecule has 0 saturated carbocycles. The fraction of sp³-hybridized carbons (Fsp3) is 0.118. The van der Waals surface area contributed by atoms with Crippen LogP contribution in [0, 0.1) is 6.92 Å². The zero-order valence-corrected chi connectivity index (χ0v) is 13.3. The van der Waals surface area contributed by atoms with Crippen LogP contribution in [-0.4, -0.2) is 24.9 Å². The molecule has 8 heteroatoms. The maximum absolute atomic E-state index is 12.1. The lowest BCUT2D eigenvalue weighted by Crippen LogP contribution is -2.19. The third-order valence-corrected chi connectivity index (χ3v) is 3.64. The van der Waals surface area contributed by atoms with Crippen LogP contribution in [0.25, 0.3) is 22.9 Å². The van der Waals surface area contributed by atoms with E-state index in [-0.39, 0.29) is 12.1 Å². The highest BCUT2D eigenvalue weighted by Crippen LogP contribution is 2.19. The lowest BCUT2D eigenvalue weighted by atomic mass is 10.1. The van der Waals surface area contributed by atoms with Crippen molar-refractivity contribution in [2.75, 3.05) is 0 Å². The Hall–Kier alpha value is -3.55. The molecular formula is C17H13N5O3. The van der Waals surface area contributed by atoms with Crippen LogP contribution in [-0.2, 0) is 6.54 Å². The summed E-state index contributed by atoms with van der Waals surface area (Å²) in [5.74, 6) is 1.16. The molecular weight excluding hydrogens is 322 g/mol. The normalized spacial score (nSPS) is 10.9. The SMILES string of the molecule is Cc1cccc(-c2nc(Cn3cc(-c4nnco4)ccc3=O)no2)c1. The molecule has 4 rings (SSSR count). The molecule has 124 valence electrons. The van der Waals surface area contributed by atoms with Crippen molar-refractivity contribution in [3.05, 3.63) is 70.7 Å². The lowest BCUT2D eigenvalue weighted by molar-refractivity contribution is 0.420. The Labute approximate surface area is 141 Å². The Balaban J connectivity index is 1.63. The Morgan fingerprint density at radius 3 is 2.84 bits per heavy atom. The first-order chi connectivity index (χ1) is 12.2. The van der Waals surface area contributed by atoms with E-state index >= 15 is 0 Å². The lowest BCUT2D eigenvalue weighted by Gasteiger charge is -2.03. The first kappa shape index (κ1) is 15.0. The highest BCUT2D eigenvalue weighted by molar-refractivity contribution is 5.54. The average molecular weight is 335 g/mol. The fourth-order valence-electron chi connectivity index (χ4n) is 2.45. The molecule has 0 atom stereocenters. The molecule has 25 heavy (non-hydrogen) atoms. The van der Waals surface area contributed by atoms with E-state index in [4.69, 9.17) is 8.94 Å². The van der Waals surface area contributed by atoms with E-state index in [0.717, 1.165) is 11.1 Å². The van der Waals surface area contributed by atoms with E-state index in [1.165, 1.54) is 17.0 Å². The summed E-state index contributed by atoms with van der Waals surface area (Å²) in [7, 11) is 0. The van der Waals surface area contributed by atoms with Crippen LogP contribution in [0.4, 0.5) is 0 Å². The highest BCUT2D eigenvalue weighted by atomic mass is 16.5. The second-order valence-electron chi connectivity index (χ2n) is 5.51. The minimum atomic E-state index is -0.190. The van der Waals surface area contributed by atoms with Crippen molar-refractivity contribution in [1.29, 1.82) is 0 Å². The van der Waals surface area contributed by atoms with Gasteiger partial charge in [-0.2, -0.15) is 4.98 Å². The molecule has 3 aromatic heterocycles. The smallest absolute Gasteiger partial charge is 0.257 e. The summed E-state index contributed by atoms with van der Waals surface area (Å²) in [6.07, 6.45) is 2.86. The Bertz CT molecular complexity index is 1070. The van der Waals surface area contributed by atoms with Gasteiger partial charge in [0, 0.05) is 17.8 Å². The Morgan fingerprint density at radius 2 is 2.04 bits per heavy atom. The number of nitrogens with zero attached hydrogens (tertiary/aromatic N) is 5. The van der Waals surface area contributed by atoms with E-state index in [1.54, 1.807) is 12.3 Å². The molecule has 0 bridgehead atoms. The van der Waals surface area contributed by atoms with E-state index in [9.17, 15) is 4.79 Å². The van der Waals surface area contributed by atoms with Crippen LogP contribution in [0.5, 0.6) is 0 Å². The minimum Gasteiger partial charge on any atom is -0.423 e. The van der Waals surface area contributed by atoms with Gasteiger partial charge in [-0.1, -0.05) is 22.9 Å². The molecule has 0 aliphatic rings. The standard InChI is InChI=1S/C17H13N5O3/c1-11-3-2-4-12(7-11)16-19-14(21-25-16)9-22-8-13(5-6-15(22)23)17-20-18-10-24-17/h2-8,10H,9H2,1H3. The second-order valence-corrected chi connectivity index (χ2v) is 5.51. The van der Waals surface area contributed by atoms with E-state index in [0.29, 0.717) is 23.2 Å². The van der Waals surface area contributed by atoms with Gasteiger partial charge in [-0.15, -0.1) is 10.2 Å². The van der Waals surface area contributed by atoms with Gasteiger partial charge in [-0.25, -0.2) is 0 Å². The van der Waals surface area contributed by atoms with Crippen molar-refractivity contribution in [3.8, 4) is 22.9 Å². The summed E-state index contributed by atoms with van der Waals surface area (Å²) in [5, 5.41) is 11.4. The Morgan fingerprint density at radius 1 is 1.12 bits per heavy atom. The van der Waals surface area contributed by atoms with Crippen LogP contribution >= 0.6 is 0 Å². The number of pyridine rings is 1. The number of rotatable bonds is 4. The van der Waals surface area contributed by atoms with Crippen molar-refractivity contribution < 1.29 is 8.94 Å². The van der Waals surface area contributed by atoms with E-state index in [1.807, 2.05) is 31.2 Å². The molecule has 0 amide bonds. The summed E-state index contributed by atoms with van der Waals surface area (Å²) in [5.41, 5.74) is 2.39. The van der Waals surface area contributed by atoms with Gasteiger partial charge in [0.1, 0.15) is 0 Å². The molecule has 3 heterocycles. The predicted octanol–water partition coefficient (Wildman–Crippen LogP) is 2.31. The summed E-state index contributed by atoms with van der Waals surface area (Å²) >= 11 is 0. The molecule has 4 aromatic rings. The van der Waals surface area contributed by atoms with Crippen LogP contribution in [0.2, 0.25) is 0 Å². The van der Waals surface area contributed by atoms with Crippen LogP contribution in [0.3, 0.4) is 0 Å². The molecule has 8 nitrogen and oxygen atoms in total. The van der Waals surface area contributed by atoms with Gasteiger partial charge < -0.3 is 13.5 Å². The molecule has 0 aliphatic heterocycles. The van der Waals surface area contributed by atoms with Gasteiger partial charge in [-0.05, 0) is 25.1 Å². The first-order valence-electron chi connectivity index (χ1n) is 7.56. The average Bonchev–Trinajstić information content (AvgIpc) is 3.29. The maximum Gasteiger partial charge on any atom is 0.257 e. The number of benzene rings is 1.